The topological polar surface area (TPSA) is 107 Å². The SMILES string of the molecule is Cc1ccc(Nc2cc(C(N)=O)c(N)cn2)cn1. The van der Waals surface area contributed by atoms with E-state index in [0.717, 1.165) is 11.4 Å². The molecule has 2 heterocycles. The van der Waals surface area contributed by atoms with Gasteiger partial charge in [0.2, 0.25) is 0 Å². The Morgan fingerprint density at radius 1 is 1.28 bits per heavy atom. The second-order valence-electron chi connectivity index (χ2n) is 3.83. The Morgan fingerprint density at radius 3 is 2.67 bits per heavy atom. The summed E-state index contributed by atoms with van der Waals surface area (Å²) in [4.78, 5) is 19.4. The first-order valence-electron chi connectivity index (χ1n) is 5.31. The van der Waals surface area contributed by atoms with Crippen molar-refractivity contribution < 1.29 is 4.79 Å². The summed E-state index contributed by atoms with van der Waals surface area (Å²) in [6.45, 7) is 1.90. The molecule has 5 N–H and O–H groups in total. The summed E-state index contributed by atoms with van der Waals surface area (Å²) in [7, 11) is 0. The van der Waals surface area contributed by atoms with Gasteiger partial charge < -0.3 is 16.8 Å². The number of nitrogens with zero attached hydrogens (tertiary/aromatic N) is 2. The third-order valence-corrected chi connectivity index (χ3v) is 2.38. The molecule has 0 bridgehead atoms. The quantitative estimate of drug-likeness (QED) is 0.751. The van der Waals surface area contributed by atoms with Crippen LogP contribution in [0.1, 0.15) is 16.1 Å². The van der Waals surface area contributed by atoms with Crippen molar-refractivity contribution in [2.24, 2.45) is 5.73 Å². The fourth-order valence-electron chi connectivity index (χ4n) is 1.44. The van der Waals surface area contributed by atoms with Crippen LogP contribution in [0.4, 0.5) is 17.2 Å². The lowest BCUT2D eigenvalue weighted by Gasteiger charge is -2.07. The molecule has 0 radical (unpaired) electrons. The molecule has 6 nitrogen and oxygen atoms in total. The summed E-state index contributed by atoms with van der Waals surface area (Å²) in [5.74, 6) is -0.0939. The second-order valence-corrected chi connectivity index (χ2v) is 3.83. The zero-order valence-electron chi connectivity index (χ0n) is 9.84. The van der Waals surface area contributed by atoms with Crippen LogP contribution in [0.25, 0.3) is 0 Å². The van der Waals surface area contributed by atoms with Crippen LogP contribution in [0.2, 0.25) is 0 Å². The van der Waals surface area contributed by atoms with E-state index in [1.54, 1.807) is 6.20 Å². The van der Waals surface area contributed by atoms with E-state index in [1.807, 2.05) is 19.1 Å². The van der Waals surface area contributed by atoms with Crippen LogP contribution in [0.15, 0.2) is 30.6 Å². The summed E-state index contributed by atoms with van der Waals surface area (Å²) in [5.41, 5.74) is 13.0. The molecule has 0 spiro atoms. The van der Waals surface area contributed by atoms with E-state index >= 15 is 0 Å². The highest BCUT2D eigenvalue weighted by Gasteiger charge is 2.07. The highest BCUT2D eigenvalue weighted by molar-refractivity contribution is 5.98. The van der Waals surface area contributed by atoms with E-state index in [9.17, 15) is 4.79 Å². The molecule has 0 saturated heterocycles. The van der Waals surface area contributed by atoms with Gasteiger partial charge >= 0.3 is 0 Å². The van der Waals surface area contributed by atoms with Crippen molar-refractivity contribution in [2.45, 2.75) is 6.92 Å². The van der Waals surface area contributed by atoms with E-state index in [1.165, 1.54) is 12.3 Å². The molecule has 0 aliphatic rings. The normalized spacial score (nSPS) is 10.1. The summed E-state index contributed by atoms with van der Waals surface area (Å²) in [6.07, 6.45) is 3.07. The van der Waals surface area contributed by atoms with E-state index in [4.69, 9.17) is 11.5 Å². The van der Waals surface area contributed by atoms with Crippen molar-refractivity contribution in [3.05, 3.63) is 41.9 Å². The fourth-order valence-corrected chi connectivity index (χ4v) is 1.44. The Hall–Kier alpha value is -2.63. The average Bonchev–Trinajstić information content (AvgIpc) is 2.34. The first kappa shape index (κ1) is 11.8. The number of aromatic nitrogens is 2. The highest BCUT2D eigenvalue weighted by atomic mass is 16.1. The molecule has 0 atom stereocenters. The number of hydrogen-bond donors (Lipinski definition) is 3. The largest absolute Gasteiger partial charge is 0.397 e. The molecule has 0 aromatic carbocycles. The van der Waals surface area contributed by atoms with Gasteiger partial charge in [0.25, 0.3) is 5.91 Å². The number of hydrogen-bond acceptors (Lipinski definition) is 5. The number of carbonyl (C=O) groups is 1. The highest BCUT2D eigenvalue weighted by Crippen LogP contribution is 2.18. The van der Waals surface area contributed by atoms with Gasteiger partial charge in [-0.3, -0.25) is 9.78 Å². The molecule has 0 fully saturated rings. The van der Waals surface area contributed by atoms with Gasteiger partial charge in [-0.15, -0.1) is 0 Å². The second kappa shape index (κ2) is 4.70. The van der Waals surface area contributed by atoms with Gasteiger partial charge in [-0.05, 0) is 25.1 Å². The predicted octanol–water partition coefficient (Wildman–Crippen LogP) is 1.21. The molecule has 2 rings (SSSR count). The molecule has 0 aliphatic carbocycles. The molecule has 2 aromatic rings. The molecule has 0 aliphatic heterocycles. The fraction of sp³-hybridized carbons (Fsp3) is 0.0833. The first-order valence-corrected chi connectivity index (χ1v) is 5.31. The van der Waals surface area contributed by atoms with E-state index < -0.39 is 5.91 Å². The number of nitrogen functional groups attached to an aromatic ring is 1. The summed E-state index contributed by atoms with van der Waals surface area (Å²) in [5, 5.41) is 3.02. The number of amides is 1. The molecule has 92 valence electrons. The number of primary amides is 1. The summed E-state index contributed by atoms with van der Waals surface area (Å²) in [6, 6.07) is 5.25. The van der Waals surface area contributed by atoms with Crippen LogP contribution in [-0.4, -0.2) is 15.9 Å². The molecule has 0 saturated carbocycles. The van der Waals surface area contributed by atoms with Crippen molar-refractivity contribution in [2.75, 3.05) is 11.1 Å². The summed E-state index contributed by atoms with van der Waals surface area (Å²) < 4.78 is 0. The Balaban J connectivity index is 2.27. The van der Waals surface area contributed by atoms with E-state index in [-0.39, 0.29) is 11.3 Å². The molecule has 1 amide bonds. The number of rotatable bonds is 3. The van der Waals surface area contributed by atoms with Crippen LogP contribution in [0.5, 0.6) is 0 Å². The minimum atomic E-state index is -0.583. The molecule has 2 aromatic heterocycles. The molecular weight excluding hydrogens is 230 g/mol. The van der Waals surface area contributed by atoms with E-state index in [0.29, 0.717) is 5.82 Å². The monoisotopic (exact) mass is 243 g/mol. The van der Waals surface area contributed by atoms with Crippen LogP contribution in [0, 0.1) is 6.92 Å². The van der Waals surface area contributed by atoms with Crippen molar-refractivity contribution in [3.8, 4) is 0 Å². The van der Waals surface area contributed by atoms with Crippen LogP contribution >= 0.6 is 0 Å². The minimum Gasteiger partial charge on any atom is -0.397 e. The minimum absolute atomic E-state index is 0.243. The van der Waals surface area contributed by atoms with Gasteiger partial charge in [-0.2, -0.15) is 0 Å². The van der Waals surface area contributed by atoms with Gasteiger partial charge in [0.15, 0.2) is 0 Å². The van der Waals surface area contributed by atoms with Crippen molar-refractivity contribution >= 4 is 23.1 Å². The maximum atomic E-state index is 11.1. The van der Waals surface area contributed by atoms with Gasteiger partial charge in [-0.25, -0.2) is 4.98 Å². The number of nitrogens with one attached hydrogen (secondary N) is 1. The van der Waals surface area contributed by atoms with Crippen LogP contribution in [0.3, 0.4) is 0 Å². The van der Waals surface area contributed by atoms with Gasteiger partial charge in [0, 0.05) is 5.69 Å². The van der Waals surface area contributed by atoms with Gasteiger partial charge in [0.05, 0.1) is 29.3 Å². The average molecular weight is 243 g/mol. The Labute approximate surface area is 104 Å². The Kier molecular flexibility index (Phi) is 3.09. The number of carbonyl (C=O) groups excluding carboxylic acids is 1. The summed E-state index contributed by atoms with van der Waals surface area (Å²) >= 11 is 0. The number of anilines is 3. The lowest BCUT2D eigenvalue weighted by atomic mass is 10.2. The molecule has 6 heteroatoms. The molecule has 0 unspecified atom stereocenters. The van der Waals surface area contributed by atoms with Crippen LogP contribution in [-0.2, 0) is 0 Å². The Bertz CT molecular complexity index is 580. The third kappa shape index (κ3) is 2.54. The number of pyridine rings is 2. The number of nitrogens with two attached hydrogens (primary N) is 2. The maximum Gasteiger partial charge on any atom is 0.250 e. The maximum absolute atomic E-state index is 11.1. The third-order valence-electron chi connectivity index (χ3n) is 2.38. The lowest BCUT2D eigenvalue weighted by molar-refractivity contribution is 0.100. The molecular formula is C12H13N5O. The van der Waals surface area contributed by atoms with E-state index in [2.05, 4.69) is 15.3 Å². The number of aryl methyl sites for hydroxylation is 1. The van der Waals surface area contributed by atoms with Gasteiger partial charge in [-0.1, -0.05) is 0 Å². The van der Waals surface area contributed by atoms with Gasteiger partial charge in [0.1, 0.15) is 5.82 Å². The van der Waals surface area contributed by atoms with Crippen molar-refractivity contribution in [3.63, 3.8) is 0 Å². The van der Waals surface area contributed by atoms with Crippen LogP contribution < -0.4 is 16.8 Å². The van der Waals surface area contributed by atoms with Crippen molar-refractivity contribution in [1.82, 2.24) is 9.97 Å². The first-order chi connectivity index (χ1) is 8.56. The molecule has 18 heavy (non-hydrogen) atoms. The Morgan fingerprint density at radius 2 is 2.06 bits per heavy atom. The smallest absolute Gasteiger partial charge is 0.250 e. The van der Waals surface area contributed by atoms with Crippen molar-refractivity contribution in [1.29, 1.82) is 0 Å². The predicted molar refractivity (Wildman–Crippen MR) is 69.4 cm³/mol. The zero-order chi connectivity index (χ0) is 13.1. The standard InChI is InChI=1S/C12H13N5O/c1-7-2-3-8(5-15-7)17-11-4-9(12(14)18)10(13)6-16-11/h2-6H,13H2,1H3,(H2,14,18)(H,16,17). The zero-order valence-corrected chi connectivity index (χ0v) is 9.84. The lowest BCUT2D eigenvalue weighted by Crippen LogP contribution is -2.14.